The van der Waals surface area contributed by atoms with Crippen LogP contribution in [0.25, 0.3) is 5.69 Å². The van der Waals surface area contributed by atoms with Crippen LogP contribution in [0.2, 0.25) is 0 Å². The highest BCUT2D eigenvalue weighted by atomic mass is 16.5. The minimum atomic E-state index is -0.197. The molecule has 0 bridgehead atoms. The number of ether oxygens (including phenoxy) is 1. The third-order valence-corrected chi connectivity index (χ3v) is 4.89. The second kappa shape index (κ2) is 8.87. The lowest BCUT2D eigenvalue weighted by Gasteiger charge is -2.15. The average Bonchev–Trinajstić information content (AvgIpc) is 3.18. The zero-order valence-electron chi connectivity index (χ0n) is 17.9. The fourth-order valence-electron chi connectivity index (χ4n) is 3.41. The Morgan fingerprint density at radius 3 is 2.55 bits per heavy atom. The number of rotatable bonds is 7. The molecule has 0 aliphatic rings. The van der Waals surface area contributed by atoms with E-state index in [-0.39, 0.29) is 5.56 Å². The highest BCUT2D eigenvalue weighted by Gasteiger charge is 2.12. The highest BCUT2D eigenvalue weighted by molar-refractivity contribution is 5.66. The van der Waals surface area contributed by atoms with Gasteiger partial charge in [0.25, 0.3) is 11.4 Å². The van der Waals surface area contributed by atoms with E-state index in [0.717, 1.165) is 28.2 Å². The zero-order valence-corrected chi connectivity index (χ0v) is 17.9. The summed E-state index contributed by atoms with van der Waals surface area (Å²) in [5.74, 6) is 0.394. The first-order valence-corrected chi connectivity index (χ1v) is 10.2. The van der Waals surface area contributed by atoms with Crippen LogP contribution in [0.5, 0.6) is 5.88 Å². The molecule has 0 saturated carbocycles. The second-order valence-corrected chi connectivity index (χ2v) is 7.33. The summed E-state index contributed by atoms with van der Waals surface area (Å²) in [5, 5.41) is 7.74. The van der Waals surface area contributed by atoms with Crippen LogP contribution in [0.1, 0.15) is 23.7 Å². The standard InChI is InChI=1S/C24H25N5O2/c1-4-31-24-21(13-23(30)29(27-24)15-19-8-6-5-7-9-19)26-20-10-11-22(17(2)12-20)28-14-18(3)25-16-28/h5-14,16,26H,4,15H2,1-3H3. The first-order valence-electron chi connectivity index (χ1n) is 10.2. The molecule has 158 valence electrons. The van der Waals surface area contributed by atoms with Gasteiger partial charge < -0.3 is 14.6 Å². The van der Waals surface area contributed by atoms with E-state index in [9.17, 15) is 4.79 Å². The van der Waals surface area contributed by atoms with Crippen LogP contribution in [0, 0.1) is 13.8 Å². The molecule has 2 aromatic carbocycles. The molecule has 0 saturated heterocycles. The summed E-state index contributed by atoms with van der Waals surface area (Å²) < 4.78 is 9.13. The SMILES string of the molecule is CCOc1nn(Cc2ccccc2)c(=O)cc1Nc1ccc(-n2cnc(C)c2)c(C)c1. The van der Waals surface area contributed by atoms with Gasteiger partial charge in [0, 0.05) is 23.6 Å². The van der Waals surface area contributed by atoms with Gasteiger partial charge in [-0.05, 0) is 50.1 Å². The summed E-state index contributed by atoms with van der Waals surface area (Å²) in [6.45, 7) is 6.73. The van der Waals surface area contributed by atoms with Gasteiger partial charge >= 0.3 is 0 Å². The second-order valence-electron chi connectivity index (χ2n) is 7.33. The Hall–Kier alpha value is -3.87. The van der Waals surface area contributed by atoms with Crippen molar-refractivity contribution in [2.45, 2.75) is 27.3 Å². The highest BCUT2D eigenvalue weighted by Crippen LogP contribution is 2.26. The van der Waals surface area contributed by atoms with Crippen LogP contribution in [0.15, 0.2) is 71.9 Å². The van der Waals surface area contributed by atoms with Gasteiger partial charge in [-0.25, -0.2) is 9.67 Å². The van der Waals surface area contributed by atoms with Gasteiger partial charge in [-0.2, -0.15) is 0 Å². The minimum Gasteiger partial charge on any atom is -0.475 e. The van der Waals surface area contributed by atoms with Gasteiger partial charge in [-0.15, -0.1) is 5.10 Å². The summed E-state index contributed by atoms with van der Waals surface area (Å²) in [5.41, 5.74) is 5.28. The number of aryl methyl sites for hydroxylation is 2. The van der Waals surface area contributed by atoms with Crippen LogP contribution in [0.4, 0.5) is 11.4 Å². The molecule has 0 unspecified atom stereocenters. The van der Waals surface area contributed by atoms with Gasteiger partial charge in [0.2, 0.25) is 0 Å². The molecule has 0 atom stereocenters. The minimum absolute atomic E-state index is 0.197. The molecule has 4 aromatic rings. The molecule has 2 aromatic heterocycles. The Balaban J connectivity index is 1.62. The Labute approximate surface area is 181 Å². The zero-order chi connectivity index (χ0) is 21.8. The smallest absolute Gasteiger partial charge is 0.269 e. The van der Waals surface area contributed by atoms with Crippen LogP contribution in [-0.2, 0) is 6.54 Å². The van der Waals surface area contributed by atoms with Crippen molar-refractivity contribution in [1.82, 2.24) is 19.3 Å². The topological polar surface area (TPSA) is 74.0 Å². The Bertz CT molecular complexity index is 1240. The maximum Gasteiger partial charge on any atom is 0.269 e. The van der Waals surface area contributed by atoms with Gasteiger partial charge in [0.15, 0.2) is 0 Å². The van der Waals surface area contributed by atoms with Gasteiger partial charge in [-0.3, -0.25) is 4.79 Å². The van der Waals surface area contributed by atoms with E-state index in [2.05, 4.69) is 15.4 Å². The fraction of sp³-hybridized carbons (Fsp3) is 0.208. The molecule has 1 N–H and O–H groups in total. The molecule has 7 heteroatoms. The molecule has 31 heavy (non-hydrogen) atoms. The lowest BCUT2D eigenvalue weighted by atomic mass is 10.1. The Kier molecular flexibility index (Phi) is 5.84. The van der Waals surface area contributed by atoms with Crippen molar-refractivity contribution in [2.75, 3.05) is 11.9 Å². The van der Waals surface area contributed by atoms with Crippen molar-refractivity contribution in [1.29, 1.82) is 0 Å². The first-order chi connectivity index (χ1) is 15.0. The number of imidazole rings is 1. The average molecular weight is 415 g/mol. The van der Waals surface area contributed by atoms with E-state index in [4.69, 9.17) is 4.74 Å². The summed E-state index contributed by atoms with van der Waals surface area (Å²) in [6, 6.07) is 17.3. The van der Waals surface area contributed by atoms with Crippen molar-refractivity contribution < 1.29 is 4.74 Å². The molecule has 2 heterocycles. The van der Waals surface area contributed by atoms with Crippen molar-refractivity contribution in [3.05, 3.63) is 94.3 Å². The van der Waals surface area contributed by atoms with Gasteiger partial charge in [0.05, 0.1) is 25.2 Å². The van der Waals surface area contributed by atoms with Crippen LogP contribution in [0.3, 0.4) is 0 Å². The van der Waals surface area contributed by atoms with Crippen molar-refractivity contribution in [2.24, 2.45) is 0 Å². The van der Waals surface area contributed by atoms with Crippen molar-refractivity contribution in [3.63, 3.8) is 0 Å². The number of nitrogens with one attached hydrogen (secondary N) is 1. The number of hydrogen-bond donors (Lipinski definition) is 1. The fourth-order valence-corrected chi connectivity index (χ4v) is 3.41. The van der Waals surface area contributed by atoms with E-state index >= 15 is 0 Å². The third-order valence-electron chi connectivity index (χ3n) is 4.89. The lowest BCUT2D eigenvalue weighted by molar-refractivity contribution is 0.317. The third kappa shape index (κ3) is 4.66. The molecular formula is C24H25N5O2. The predicted molar refractivity (Wildman–Crippen MR) is 122 cm³/mol. The molecule has 0 spiro atoms. The number of hydrogen-bond acceptors (Lipinski definition) is 5. The molecule has 0 aliphatic carbocycles. The normalized spacial score (nSPS) is 10.8. The van der Waals surface area contributed by atoms with E-state index in [1.165, 1.54) is 10.7 Å². The first kappa shape index (κ1) is 20.4. The molecule has 0 fully saturated rings. The molecule has 7 nitrogen and oxygen atoms in total. The quantitative estimate of drug-likeness (QED) is 0.489. The Morgan fingerprint density at radius 1 is 1.06 bits per heavy atom. The molecule has 0 amide bonds. The lowest BCUT2D eigenvalue weighted by Crippen LogP contribution is -2.24. The largest absolute Gasteiger partial charge is 0.475 e. The Morgan fingerprint density at radius 2 is 1.87 bits per heavy atom. The molecular weight excluding hydrogens is 390 g/mol. The van der Waals surface area contributed by atoms with Gasteiger partial charge in [-0.1, -0.05) is 30.3 Å². The van der Waals surface area contributed by atoms with E-state index in [1.807, 2.05) is 80.1 Å². The number of nitrogens with zero attached hydrogens (tertiary/aromatic N) is 4. The number of aromatic nitrogens is 4. The molecule has 4 rings (SSSR count). The van der Waals surface area contributed by atoms with Crippen LogP contribution in [-0.4, -0.2) is 25.9 Å². The summed E-state index contributed by atoms with van der Waals surface area (Å²) in [6.07, 6.45) is 3.78. The van der Waals surface area contributed by atoms with Crippen molar-refractivity contribution >= 4 is 11.4 Å². The summed E-state index contributed by atoms with van der Waals surface area (Å²) >= 11 is 0. The van der Waals surface area contributed by atoms with Gasteiger partial charge in [0.1, 0.15) is 5.69 Å². The number of anilines is 2. The van der Waals surface area contributed by atoms with E-state index in [0.29, 0.717) is 24.7 Å². The molecule has 0 radical (unpaired) electrons. The molecule has 0 aliphatic heterocycles. The van der Waals surface area contributed by atoms with Crippen LogP contribution >= 0.6 is 0 Å². The summed E-state index contributed by atoms with van der Waals surface area (Å²) in [7, 11) is 0. The van der Waals surface area contributed by atoms with Crippen LogP contribution < -0.4 is 15.6 Å². The van der Waals surface area contributed by atoms with E-state index < -0.39 is 0 Å². The van der Waals surface area contributed by atoms with E-state index in [1.54, 1.807) is 6.33 Å². The maximum absolute atomic E-state index is 12.7. The monoisotopic (exact) mass is 415 g/mol. The maximum atomic E-state index is 12.7. The summed E-state index contributed by atoms with van der Waals surface area (Å²) in [4.78, 5) is 17.0. The number of benzene rings is 2. The predicted octanol–water partition coefficient (Wildman–Crippen LogP) is 4.24. The van der Waals surface area contributed by atoms with Crippen molar-refractivity contribution in [3.8, 4) is 11.6 Å².